The zero-order valence-electron chi connectivity index (χ0n) is 14.6. The molecule has 0 saturated heterocycles. The maximum absolute atomic E-state index is 4.37. The first-order valence-corrected chi connectivity index (χ1v) is 8.73. The van der Waals surface area contributed by atoms with Crippen LogP contribution >= 0.6 is 0 Å². The van der Waals surface area contributed by atoms with Crippen LogP contribution in [-0.2, 0) is 19.4 Å². The number of nitrogens with zero attached hydrogens (tertiary/aromatic N) is 2. The van der Waals surface area contributed by atoms with Gasteiger partial charge < -0.3 is 9.80 Å². The van der Waals surface area contributed by atoms with Crippen LogP contribution in [0.4, 0.5) is 11.4 Å². The fraction of sp³-hybridized carbons (Fsp3) is 0.273. The Morgan fingerprint density at radius 2 is 1.92 bits per heavy atom. The summed E-state index contributed by atoms with van der Waals surface area (Å²) < 4.78 is 0. The van der Waals surface area contributed by atoms with Crippen LogP contribution in [0.5, 0.6) is 0 Å². The monoisotopic (exact) mass is 316 g/mol. The zero-order valence-corrected chi connectivity index (χ0v) is 14.6. The Morgan fingerprint density at radius 3 is 2.67 bits per heavy atom. The van der Waals surface area contributed by atoms with Gasteiger partial charge in [-0.15, -0.1) is 0 Å². The van der Waals surface area contributed by atoms with Gasteiger partial charge in [-0.1, -0.05) is 38.3 Å². The lowest BCUT2D eigenvalue weighted by Gasteiger charge is -2.24. The minimum atomic E-state index is 0.907. The van der Waals surface area contributed by atoms with Crippen molar-refractivity contribution in [2.45, 2.75) is 33.2 Å². The lowest BCUT2D eigenvalue weighted by atomic mass is 10.0. The highest BCUT2D eigenvalue weighted by molar-refractivity contribution is 5.85. The van der Waals surface area contributed by atoms with Crippen molar-refractivity contribution in [1.82, 2.24) is 0 Å². The van der Waals surface area contributed by atoms with Crippen molar-refractivity contribution in [3.63, 3.8) is 0 Å². The molecule has 0 fully saturated rings. The average molecular weight is 316 g/mol. The Balaban J connectivity index is 1.70. The lowest BCUT2D eigenvalue weighted by Crippen LogP contribution is -2.17. The van der Waals surface area contributed by atoms with Crippen LogP contribution in [-0.4, -0.2) is 6.54 Å². The molecule has 0 atom stereocenters. The van der Waals surface area contributed by atoms with Crippen LogP contribution in [0.3, 0.4) is 0 Å². The first-order chi connectivity index (χ1) is 11.6. The van der Waals surface area contributed by atoms with Crippen molar-refractivity contribution in [1.29, 1.82) is 0 Å². The van der Waals surface area contributed by atoms with E-state index in [9.17, 15) is 0 Å². The second-order valence-corrected chi connectivity index (χ2v) is 6.83. The molecule has 0 amide bonds. The fourth-order valence-electron chi connectivity index (χ4n) is 3.84. The Kier molecular flexibility index (Phi) is 3.49. The van der Waals surface area contributed by atoms with Gasteiger partial charge in [0.2, 0.25) is 0 Å². The lowest BCUT2D eigenvalue weighted by molar-refractivity contribution is 0.948. The molecule has 0 radical (unpaired) electrons. The number of rotatable bonds is 3. The average Bonchev–Trinajstić information content (AvgIpc) is 3.15. The van der Waals surface area contributed by atoms with Gasteiger partial charge in [0, 0.05) is 41.4 Å². The summed E-state index contributed by atoms with van der Waals surface area (Å²) in [5.74, 6) is 0. The Morgan fingerprint density at radius 1 is 1.12 bits per heavy atom. The highest BCUT2D eigenvalue weighted by atomic mass is 15.2. The van der Waals surface area contributed by atoms with Gasteiger partial charge in [0.15, 0.2) is 0 Å². The maximum Gasteiger partial charge on any atom is 0.0488 e. The van der Waals surface area contributed by atoms with Crippen LogP contribution in [0.25, 0.3) is 5.70 Å². The summed E-state index contributed by atoms with van der Waals surface area (Å²) in [6.45, 7) is 14.7. The van der Waals surface area contributed by atoms with Gasteiger partial charge in [0.1, 0.15) is 0 Å². The van der Waals surface area contributed by atoms with Crippen LogP contribution in [0.2, 0.25) is 0 Å². The second-order valence-electron chi connectivity index (χ2n) is 6.83. The van der Waals surface area contributed by atoms with E-state index in [4.69, 9.17) is 0 Å². The first kappa shape index (κ1) is 15.1. The maximum atomic E-state index is 4.37. The number of benzene rings is 2. The predicted molar refractivity (Wildman–Crippen MR) is 103 cm³/mol. The van der Waals surface area contributed by atoms with Gasteiger partial charge in [-0.25, -0.2) is 0 Å². The summed E-state index contributed by atoms with van der Waals surface area (Å²) in [5, 5.41) is 0. The van der Waals surface area contributed by atoms with Crippen molar-refractivity contribution in [3.8, 4) is 0 Å². The summed E-state index contributed by atoms with van der Waals surface area (Å²) in [5.41, 5.74) is 10.2. The molecule has 2 aromatic carbocycles. The third kappa shape index (κ3) is 2.25. The Hall–Kier alpha value is -2.48. The largest absolute Gasteiger partial charge is 0.345 e. The number of hydrogen-bond acceptors (Lipinski definition) is 2. The summed E-state index contributed by atoms with van der Waals surface area (Å²) in [6, 6.07) is 13.6. The number of hydrogen-bond donors (Lipinski definition) is 0. The van der Waals surface area contributed by atoms with Gasteiger partial charge >= 0.3 is 0 Å². The highest BCUT2D eigenvalue weighted by Gasteiger charge is 2.26. The van der Waals surface area contributed by atoms with Crippen molar-refractivity contribution in [3.05, 3.63) is 77.5 Å². The molecule has 0 spiro atoms. The molecule has 0 aliphatic carbocycles. The standard InChI is InChI=1S/C22H24N2/c1-5-17-6-7-19-14-24(16(4)21(19)12-17)20-9-8-18-10-11-23(15(2)3)22(18)13-20/h6-9,12-13H,2,4-5,10-11,14H2,1,3H3. The molecular formula is C22H24N2. The van der Waals surface area contributed by atoms with Crippen LogP contribution in [0.1, 0.15) is 36.1 Å². The van der Waals surface area contributed by atoms with E-state index in [2.05, 4.69) is 73.2 Å². The SMILES string of the molecule is C=C1c2cc(CC)ccc2CN1c1ccc2c(c1)N(C(=C)C)CC2. The van der Waals surface area contributed by atoms with Gasteiger partial charge in [0.05, 0.1) is 0 Å². The second kappa shape index (κ2) is 5.55. The Bertz CT molecular complexity index is 847. The topological polar surface area (TPSA) is 6.48 Å². The number of anilines is 2. The van der Waals surface area contributed by atoms with E-state index in [1.54, 1.807) is 0 Å². The van der Waals surface area contributed by atoms with E-state index >= 15 is 0 Å². The van der Waals surface area contributed by atoms with Crippen LogP contribution in [0.15, 0.2) is 55.3 Å². The van der Waals surface area contributed by atoms with E-state index in [0.717, 1.165) is 37.3 Å². The molecule has 0 aromatic heterocycles. The molecule has 2 aromatic rings. The van der Waals surface area contributed by atoms with E-state index in [1.807, 2.05) is 0 Å². The highest BCUT2D eigenvalue weighted by Crippen LogP contribution is 2.40. The molecule has 0 N–H and O–H groups in total. The molecule has 2 heteroatoms. The zero-order chi connectivity index (χ0) is 16.8. The quantitative estimate of drug-likeness (QED) is 0.774. The normalized spacial score (nSPS) is 15.7. The molecule has 2 heterocycles. The smallest absolute Gasteiger partial charge is 0.0488 e. The molecular weight excluding hydrogens is 292 g/mol. The van der Waals surface area contributed by atoms with Crippen molar-refractivity contribution < 1.29 is 0 Å². The molecule has 0 unspecified atom stereocenters. The van der Waals surface area contributed by atoms with Crippen molar-refractivity contribution in [2.75, 3.05) is 16.3 Å². The molecule has 0 saturated carbocycles. The van der Waals surface area contributed by atoms with Crippen molar-refractivity contribution in [2.24, 2.45) is 0 Å². The number of allylic oxidation sites excluding steroid dienone is 1. The summed E-state index contributed by atoms with van der Waals surface area (Å²) in [4.78, 5) is 4.65. The number of aryl methyl sites for hydroxylation is 1. The van der Waals surface area contributed by atoms with Gasteiger partial charge in [-0.05, 0) is 54.7 Å². The Labute approximate surface area is 144 Å². The third-order valence-corrected chi connectivity index (χ3v) is 5.28. The molecule has 24 heavy (non-hydrogen) atoms. The third-order valence-electron chi connectivity index (χ3n) is 5.28. The summed E-state index contributed by atoms with van der Waals surface area (Å²) in [7, 11) is 0. The molecule has 0 bridgehead atoms. The fourth-order valence-corrected chi connectivity index (χ4v) is 3.84. The first-order valence-electron chi connectivity index (χ1n) is 8.73. The van der Waals surface area contributed by atoms with E-state index in [0.29, 0.717) is 0 Å². The number of fused-ring (bicyclic) bond motifs is 2. The minimum absolute atomic E-state index is 0.907. The van der Waals surface area contributed by atoms with Gasteiger partial charge in [-0.3, -0.25) is 0 Å². The summed E-state index contributed by atoms with van der Waals surface area (Å²) in [6.07, 6.45) is 2.16. The van der Waals surface area contributed by atoms with Gasteiger partial charge in [0.25, 0.3) is 0 Å². The molecule has 2 nitrogen and oxygen atoms in total. The molecule has 2 aliphatic heterocycles. The van der Waals surface area contributed by atoms with E-state index < -0.39 is 0 Å². The molecule has 122 valence electrons. The minimum Gasteiger partial charge on any atom is -0.345 e. The van der Waals surface area contributed by atoms with E-state index in [-0.39, 0.29) is 0 Å². The van der Waals surface area contributed by atoms with Crippen LogP contribution < -0.4 is 9.80 Å². The van der Waals surface area contributed by atoms with E-state index in [1.165, 1.54) is 33.6 Å². The summed E-state index contributed by atoms with van der Waals surface area (Å²) >= 11 is 0. The van der Waals surface area contributed by atoms with Crippen LogP contribution in [0, 0.1) is 0 Å². The molecule has 4 rings (SSSR count). The van der Waals surface area contributed by atoms with Crippen molar-refractivity contribution >= 4 is 17.1 Å². The van der Waals surface area contributed by atoms with Gasteiger partial charge in [-0.2, -0.15) is 0 Å². The predicted octanol–water partition coefficient (Wildman–Crippen LogP) is 5.14. The molecule has 2 aliphatic rings.